The summed E-state index contributed by atoms with van der Waals surface area (Å²) in [4.78, 5) is 0.846. The quantitative estimate of drug-likeness (QED) is 0.535. The molecular weight excluding hydrogens is 372 g/mol. The van der Waals surface area contributed by atoms with Gasteiger partial charge in [-0.15, -0.1) is 6.42 Å². The minimum Gasteiger partial charge on any atom is -0.371 e. The number of terminal acetylenes is 1. The van der Waals surface area contributed by atoms with Crippen molar-refractivity contribution in [3.8, 4) is 12.3 Å². The van der Waals surface area contributed by atoms with Crippen LogP contribution in [0.3, 0.4) is 0 Å². The summed E-state index contributed by atoms with van der Waals surface area (Å²) >= 11 is 7.42. The van der Waals surface area contributed by atoms with Crippen LogP contribution in [-0.4, -0.2) is 34.1 Å². The van der Waals surface area contributed by atoms with E-state index in [4.69, 9.17) is 15.9 Å². The highest BCUT2D eigenvalue weighted by Gasteiger charge is 2.43. The predicted octanol–water partition coefficient (Wildman–Crippen LogP) is 3.82. The fourth-order valence-corrected chi connectivity index (χ4v) is 4.36. The summed E-state index contributed by atoms with van der Waals surface area (Å²) in [6.07, 6.45) is 13.8. The van der Waals surface area contributed by atoms with E-state index in [-0.39, 0.29) is 18.3 Å². The van der Waals surface area contributed by atoms with Crippen molar-refractivity contribution in [2.75, 3.05) is 0 Å². The van der Waals surface area contributed by atoms with Crippen molar-refractivity contribution in [3.05, 3.63) is 12.2 Å². The SMILES string of the molecule is C#C/C=C/C[C@@H]1O[C@H]([C@@H]2C[C@@H](Br)[C@H](CC)O2)C[C@H]1Br. The van der Waals surface area contributed by atoms with E-state index in [1.807, 2.05) is 6.08 Å². The van der Waals surface area contributed by atoms with E-state index >= 15 is 0 Å². The molecule has 2 nitrogen and oxygen atoms in total. The molecule has 2 aliphatic rings. The van der Waals surface area contributed by atoms with Gasteiger partial charge in [0.15, 0.2) is 0 Å². The summed E-state index contributed by atoms with van der Waals surface area (Å²) in [5.74, 6) is 2.51. The zero-order valence-electron chi connectivity index (χ0n) is 11.1. The number of rotatable bonds is 4. The molecule has 2 saturated heterocycles. The van der Waals surface area contributed by atoms with Crippen molar-refractivity contribution in [1.82, 2.24) is 0 Å². The molecule has 2 heterocycles. The van der Waals surface area contributed by atoms with Crippen molar-refractivity contribution < 1.29 is 9.47 Å². The Labute approximate surface area is 132 Å². The Balaban J connectivity index is 1.87. The van der Waals surface area contributed by atoms with Crippen LogP contribution in [0.1, 0.15) is 32.6 Å². The number of hydrogen-bond acceptors (Lipinski definition) is 2. The van der Waals surface area contributed by atoms with Crippen LogP contribution < -0.4 is 0 Å². The standard InChI is InChI=1S/C15H20Br2O2/c1-3-5-6-7-13-11(17)9-15(19-13)14-8-10(16)12(4-2)18-14/h1,5-6,10-15H,4,7-9H2,2H3/b6-5+/t10-,11-,12+,13+,14+,15+/m1/s1. The molecule has 0 saturated carbocycles. The van der Waals surface area contributed by atoms with Gasteiger partial charge in [-0.25, -0.2) is 0 Å². The van der Waals surface area contributed by atoms with Gasteiger partial charge in [0.2, 0.25) is 0 Å². The average molecular weight is 392 g/mol. The molecule has 0 radical (unpaired) electrons. The molecule has 0 unspecified atom stereocenters. The lowest BCUT2D eigenvalue weighted by molar-refractivity contribution is -0.0640. The average Bonchev–Trinajstić information content (AvgIpc) is 2.93. The van der Waals surface area contributed by atoms with Gasteiger partial charge in [0.1, 0.15) is 0 Å². The van der Waals surface area contributed by atoms with E-state index in [0.717, 1.165) is 25.7 Å². The molecule has 6 atom stereocenters. The van der Waals surface area contributed by atoms with Gasteiger partial charge in [-0.1, -0.05) is 50.8 Å². The number of ether oxygens (including phenoxy) is 2. The molecule has 2 aliphatic heterocycles. The van der Waals surface area contributed by atoms with Gasteiger partial charge in [-0.05, 0) is 31.8 Å². The second kappa shape index (κ2) is 7.26. The largest absolute Gasteiger partial charge is 0.371 e. The molecule has 0 spiro atoms. The third-order valence-corrected chi connectivity index (χ3v) is 5.75. The number of halogens is 2. The van der Waals surface area contributed by atoms with Crippen molar-refractivity contribution >= 4 is 31.9 Å². The third kappa shape index (κ3) is 3.85. The summed E-state index contributed by atoms with van der Waals surface area (Å²) in [5.41, 5.74) is 0. The molecule has 106 valence electrons. The lowest BCUT2D eigenvalue weighted by Crippen LogP contribution is -2.26. The van der Waals surface area contributed by atoms with Gasteiger partial charge in [0.25, 0.3) is 0 Å². The molecule has 0 amide bonds. The smallest absolute Gasteiger partial charge is 0.0853 e. The zero-order chi connectivity index (χ0) is 13.8. The lowest BCUT2D eigenvalue weighted by atomic mass is 10.1. The first-order valence-corrected chi connectivity index (χ1v) is 8.69. The maximum Gasteiger partial charge on any atom is 0.0853 e. The van der Waals surface area contributed by atoms with Gasteiger partial charge in [-0.2, -0.15) is 0 Å². The van der Waals surface area contributed by atoms with E-state index < -0.39 is 0 Å². The van der Waals surface area contributed by atoms with Crippen molar-refractivity contribution in [2.24, 2.45) is 0 Å². The minimum atomic E-state index is 0.199. The number of alkyl halides is 2. The number of hydrogen-bond donors (Lipinski definition) is 0. The fraction of sp³-hybridized carbons (Fsp3) is 0.733. The summed E-state index contributed by atoms with van der Waals surface area (Å²) in [5, 5.41) is 0. The van der Waals surface area contributed by atoms with Crippen LogP contribution in [0.15, 0.2) is 12.2 Å². The van der Waals surface area contributed by atoms with Crippen molar-refractivity contribution in [3.63, 3.8) is 0 Å². The zero-order valence-corrected chi connectivity index (χ0v) is 14.3. The second-order valence-electron chi connectivity index (χ2n) is 5.14. The maximum absolute atomic E-state index is 6.13. The Morgan fingerprint density at radius 3 is 2.26 bits per heavy atom. The van der Waals surface area contributed by atoms with Gasteiger partial charge in [0, 0.05) is 9.65 Å². The van der Waals surface area contributed by atoms with E-state index in [1.54, 1.807) is 6.08 Å². The molecule has 0 aromatic carbocycles. The van der Waals surface area contributed by atoms with Gasteiger partial charge < -0.3 is 9.47 Å². The highest BCUT2D eigenvalue weighted by molar-refractivity contribution is 9.09. The first kappa shape index (κ1) is 15.6. The summed E-state index contributed by atoms with van der Waals surface area (Å²) in [7, 11) is 0. The Morgan fingerprint density at radius 1 is 1.16 bits per heavy atom. The van der Waals surface area contributed by atoms with Crippen LogP contribution in [0, 0.1) is 12.3 Å². The van der Waals surface area contributed by atoms with Crippen molar-refractivity contribution in [2.45, 2.75) is 66.7 Å². The Bertz CT molecular complexity index is 364. The van der Waals surface area contributed by atoms with Crippen molar-refractivity contribution in [1.29, 1.82) is 0 Å². The molecule has 0 aromatic rings. The second-order valence-corrected chi connectivity index (χ2v) is 7.49. The summed E-state index contributed by atoms with van der Waals surface area (Å²) < 4.78 is 12.2. The van der Waals surface area contributed by atoms with Gasteiger partial charge in [0.05, 0.1) is 24.4 Å². The highest BCUT2D eigenvalue weighted by atomic mass is 79.9. The normalized spacial score (nSPS) is 42.8. The van der Waals surface area contributed by atoms with Gasteiger partial charge >= 0.3 is 0 Å². The minimum absolute atomic E-state index is 0.199. The van der Waals surface area contributed by atoms with Crippen LogP contribution in [0.25, 0.3) is 0 Å². The fourth-order valence-electron chi connectivity index (χ4n) is 2.78. The van der Waals surface area contributed by atoms with Crippen LogP contribution in [0.5, 0.6) is 0 Å². The van der Waals surface area contributed by atoms with Gasteiger partial charge in [-0.3, -0.25) is 0 Å². The number of allylic oxidation sites excluding steroid dienone is 1. The third-order valence-electron chi connectivity index (χ3n) is 3.82. The summed E-state index contributed by atoms with van der Waals surface area (Å²) in [6.45, 7) is 2.16. The Morgan fingerprint density at radius 2 is 1.74 bits per heavy atom. The van der Waals surface area contributed by atoms with E-state index in [9.17, 15) is 0 Å². The first-order chi connectivity index (χ1) is 9.15. The lowest BCUT2D eigenvalue weighted by Gasteiger charge is -2.19. The molecule has 2 fully saturated rings. The first-order valence-electron chi connectivity index (χ1n) is 6.85. The molecule has 0 aliphatic carbocycles. The topological polar surface area (TPSA) is 18.5 Å². The van der Waals surface area contributed by atoms with Crippen LogP contribution in [0.2, 0.25) is 0 Å². The summed E-state index contributed by atoms with van der Waals surface area (Å²) in [6, 6.07) is 0. The van der Waals surface area contributed by atoms with Crippen LogP contribution in [0.4, 0.5) is 0 Å². The molecule has 0 aromatic heterocycles. The van der Waals surface area contributed by atoms with Crippen LogP contribution in [-0.2, 0) is 9.47 Å². The molecule has 4 heteroatoms. The molecule has 0 bridgehead atoms. The monoisotopic (exact) mass is 390 g/mol. The Kier molecular flexibility index (Phi) is 5.95. The molecule has 2 rings (SSSR count). The van der Waals surface area contributed by atoms with E-state index in [2.05, 4.69) is 44.7 Å². The van der Waals surface area contributed by atoms with E-state index in [0.29, 0.717) is 15.8 Å². The molecule has 19 heavy (non-hydrogen) atoms. The van der Waals surface area contributed by atoms with Crippen LogP contribution >= 0.6 is 31.9 Å². The maximum atomic E-state index is 6.13. The Hall–Kier alpha value is 0.180. The predicted molar refractivity (Wildman–Crippen MR) is 84.9 cm³/mol. The molecule has 0 N–H and O–H groups in total. The van der Waals surface area contributed by atoms with E-state index in [1.165, 1.54) is 0 Å². The highest BCUT2D eigenvalue weighted by Crippen LogP contribution is 2.38. The molecular formula is C15H20Br2O2.